The second-order valence-electron chi connectivity index (χ2n) is 5.31. The van der Waals surface area contributed by atoms with Gasteiger partial charge in [0.1, 0.15) is 16.0 Å². The van der Waals surface area contributed by atoms with E-state index in [0.717, 1.165) is 10.0 Å². The molecular weight excluding hydrogens is 408 g/mol. The van der Waals surface area contributed by atoms with Gasteiger partial charge in [0.05, 0.1) is 73.2 Å². The van der Waals surface area contributed by atoms with Crippen LogP contribution in [0.2, 0.25) is 0 Å². The number of methoxy groups -OCH3 is 2. The molecule has 0 aromatic heterocycles. The minimum Gasteiger partial charge on any atom is -0.495 e. The maximum atomic E-state index is 8.55. The van der Waals surface area contributed by atoms with E-state index in [9.17, 15) is 0 Å². The van der Waals surface area contributed by atoms with E-state index in [4.69, 9.17) is 33.5 Å². The molecule has 1 unspecified atom stereocenters. The van der Waals surface area contributed by atoms with Gasteiger partial charge in [-0.2, -0.15) is 0 Å². The van der Waals surface area contributed by atoms with Crippen molar-refractivity contribution in [3.8, 4) is 11.5 Å². The van der Waals surface area contributed by atoms with Crippen LogP contribution in [-0.2, 0) is 18.9 Å². The maximum absolute atomic E-state index is 8.55. The Morgan fingerprint density at radius 1 is 0.846 bits per heavy atom. The molecule has 0 aliphatic carbocycles. The van der Waals surface area contributed by atoms with E-state index in [1.165, 1.54) is 0 Å². The fraction of sp³-hybridized carbons (Fsp3) is 0.667. The van der Waals surface area contributed by atoms with Crippen molar-refractivity contribution in [1.82, 2.24) is 0 Å². The van der Waals surface area contributed by atoms with Crippen LogP contribution in [0.5, 0.6) is 11.5 Å². The molecule has 1 N–H and O–H groups in total. The van der Waals surface area contributed by atoms with Crippen LogP contribution in [0.15, 0.2) is 16.6 Å². The minimum absolute atomic E-state index is 0.0291. The van der Waals surface area contributed by atoms with E-state index >= 15 is 0 Å². The summed E-state index contributed by atoms with van der Waals surface area (Å²) >= 11 is 3.45. The highest BCUT2D eigenvalue weighted by Gasteiger charge is 2.14. The van der Waals surface area contributed by atoms with Gasteiger partial charge >= 0.3 is 0 Å². The van der Waals surface area contributed by atoms with Crippen molar-refractivity contribution in [2.75, 3.05) is 67.1 Å². The van der Waals surface area contributed by atoms with Gasteiger partial charge in [0.2, 0.25) is 0 Å². The highest BCUT2D eigenvalue weighted by molar-refractivity contribution is 9.10. The Balaban J connectivity index is 2.20. The standard InChI is InChI=1S/C18H29BrO7/c1-14(15-12-16(21-2)18(19)17(13-15)22-3)26-11-10-25-9-8-24-7-6-23-5-4-20/h12-14,20H,4-11H2,1-3H3. The Hall–Kier alpha value is -0.900. The summed E-state index contributed by atoms with van der Waals surface area (Å²) < 4.78 is 33.2. The highest BCUT2D eigenvalue weighted by atomic mass is 79.9. The lowest BCUT2D eigenvalue weighted by Gasteiger charge is -2.17. The predicted octanol–water partition coefficient (Wildman–Crippen LogP) is 2.59. The molecule has 0 fully saturated rings. The van der Waals surface area contributed by atoms with Gasteiger partial charge in [0.15, 0.2) is 0 Å². The van der Waals surface area contributed by atoms with E-state index in [1.54, 1.807) is 14.2 Å². The normalized spacial score (nSPS) is 12.2. The van der Waals surface area contributed by atoms with Gasteiger partial charge in [0.25, 0.3) is 0 Å². The number of ether oxygens (including phenoxy) is 6. The highest BCUT2D eigenvalue weighted by Crippen LogP contribution is 2.37. The molecule has 7 nitrogen and oxygen atoms in total. The summed E-state index contributed by atoms with van der Waals surface area (Å²) in [6.07, 6.45) is -0.116. The summed E-state index contributed by atoms with van der Waals surface area (Å²) in [5, 5.41) is 8.55. The quantitative estimate of drug-likeness (QED) is 0.423. The number of hydrogen-bond acceptors (Lipinski definition) is 7. The Labute approximate surface area is 163 Å². The molecule has 1 rings (SSSR count). The molecule has 0 amide bonds. The van der Waals surface area contributed by atoms with Crippen LogP contribution in [0.3, 0.4) is 0 Å². The molecule has 0 spiro atoms. The van der Waals surface area contributed by atoms with Gasteiger partial charge in [-0.3, -0.25) is 0 Å². The zero-order valence-corrected chi connectivity index (χ0v) is 17.2. The molecule has 0 saturated heterocycles. The molecule has 26 heavy (non-hydrogen) atoms. The summed E-state index contributed by atoms with van der Waals surface area (Å²) in [6.45, 7) is 5.26. The summed E-state index contributed by atoms with van der Waals surface area (Å²) in [6, 6.07) is 3.84. The minimum atomic E-state index is -0.116. The second-order valence-corrected chi connectivity index (χ2v) is 6.11. The molecule has 0 aliphatic heterocycles. The van der Waals surface area contributed by atoms with Crippen molar-refractivity contribution in [3.63, 3.8) is 0 Å². The van der Waals surface area contributed by atoms with Crippen LogP contribution < -0.4 is 9.47 Å². The number of hydrogen-bond donors (Lipinski definition) is 1. The van der Waals surface area contributed by atoms with Gasteiger partial charge in [-0.15, -0.1) is 0 Å². The van der Waals surface area contributed by atoms with Crippen molar-refractivity contribution >= 4 is 15.9 Å². The van der Waals surface area contributed by atoms with Crippen LogP contribution in [-0.4, -0.2) is 72.2 Å². The first kappa shape index (κ1) is 23.1. The molecule has 0 saturated carbocycles. The molecule has 8 heteroatoms. The van der Waals surface area contributed by atoms with Crippen LogP contribution in [0.4, 0.5) is 0 Å². The van der Waals surface area contributed by atoms with Gasteiger partial charge in [0, 0.05) is 0 Å². The van der Waals surface area contributed by atoms with E-state index in [0.29, 0.717) is 57.7 Å². The topological polar surface area (TPSA) is 75.6 Å². The van der Waals surface area contributed by atoms with Crippen molar-refractivity contribution in [2.24, 2.45) is 0 Å². The molecule has 0 heterocycles. The molecule has 0 bridgehead atoms. The van der Waals surface area contributed by atoms with Gasteiger partial charge in [-0.1, -0.05) is 0 Å². The summed E-state index contributed by atoms with van der Waals surface area (Å²) in [4.78, 5) is 0. The summed E-state index contributed by atoms with van der Waals surface area (Å²) in [5.74, 6) is 1.40. The van der Waals surface area contributed by atoms with Crippen LogP contribution in [0.25, 0.3) is 0 Å². The van der Waals surface area contributed by atoms with Crippen molar-refractivity contribution < 1.29 is 33.5 Å². The fourth-order valence-electron chi connectivity index (χ4n) is 2.11. The lowest BCUT2D eigenvalue weighted by atomic mass is 10.1. The van der Waals surface area contributed by atoms with Crippen LogP contribution in [0, 0.1) is 0 Å². The molecule has 1 atom stereocenters. The lowest BCUT2D eigenvalue weighted by Crippen LogP contribution is -2.13. The number of halogens is 1. The van der Waals surface area contributed by atoms with E-state index < -0.39 is 0 Å². The van der Waals surface area contributed by atoms with E-state index in [-0.39, 0.29) is 12.7 Å². The Kier molecular flexibility index (Phi) is 12.6. The number of benzene rings is 1. The Morgan fingerprint density at radius 2 is 1.31 bits per heavy atom. The molecule has 0 aliphatic rings. The summed E-state index contributed by atoms with van der Waals surface area (Å²) in [5.41, 5.74) is 0.966. The third kappa shape index (κ3) is 8.66. The largest absolute Gasteiger partial charge is 0.495 e. The zero-order valence-electron chi connectivity index (χ0n) is 15.7. The number of aliphatic hydroxyl groups excluding tert-OH is 1. The summed E-state index contributed by atoms with van der Waals surface area (Å²) in [7, 11) is 3.23. The molecule has 150 valence electrons. The molecule has 1 aromatic rings. The number of rotatable bonds is 15. The molecular formula is C18H29BrO7. The average molecular weight is 437 g/mol. The van der Waals surface area contributed by atoms with Crippen molar-refractivity contribution in [3.05, 3.63) is 22.2 Å². The van der Waals surface area contributed by atoms with Gasteiger partial charge in [-0.25, -0.2) is 0 Å². The van der Waals surface area contributed by atoms with Crippen LogP contribution in [0.1, 0.15) is 18.6 Å². The first-order chi connectivity index (χ1) is 12.6. The second kappa shape index (κ2) is 14.2. The van der Waals surface area contributed by atoms with Crippen molar-refractivity contribution in [1.29, 1.82) is 0 Å². The maximum Gasteiger partial charge on any atom is 0.137 e. The monoisotopic (exact) mass is 436 g/mol. The van der Waals surface area contributed by atoms with Crippen LogP contribution >= 0.6 is 15.9 Å². The van der Waals surface area contributed by atoms with E-state index in [2.05, 4.69) is 15.9 Å². The molecule has 0 radical (unpaired) electrons. The first-order valence-electron chi connectivity index (χ1n) is 8.51. The van der Waals surface area contributed by atoms with E-state index in [1.807, 2.05) is 19.1 Å². The fourth-order valence-corrected chi connectivity index (χ4v) is 2.66. The Morgan fingerprint density at radius 3 is 1.77 bits per heavy atom. The zero-order chi connectivity index (χ0) is 19.2. The number of aliphatic hydroxyl groups is 1. The lowest BCUT2D eigenvalue weighted by molar-refractivity contribution is -0.0175. The van der Waals surface area contributed by atoms with Gasteiger partial charge in [-0.05, 0) is 40.5 Å². The Bertz CT molecular complexity index is 473. The smallest absolute Gasteiger partial charge is 0.137 e. The molecule has 1 aromatic carbocycles. The predicted molar refractivity (Wildman–Crippen MR) is 101 cm³/mol. The SMILES string of the molecule is COc1cc(C(C)OCCOCCOCCOCCO)cc(OC)c1Br. The first-order valence-corrected chi connectivity index (χ1v) is 9.30. The van der Waals surface area contributed by atoms with Crippen molar-refractivity contribution in [2.45, 2.75) is 13.0 Å². The third-order valence-corrected chi connectivity index (χ3v) is 4.29. The van der Waals surface area contributed by atoms with Gasteiger partial charge < -0.3 is 33.5 Å². The third-order valence-electron chi connectivity index (χ3n) is 3.51. The average Bonchev–Trinajstić information content (AvgIpc) is 2.66.